The minimum Gasteiger partial charge on any atom is -0.466 e. The Morgan fingerprint density at radius 1 is 1.35 bits per heavy atom. The van der Waals surface area contributed by atoms with Gasteiger partial charge in [-0.15, -0.1) is 0 Å². The monoisotopic (exact) mass is 247 g/mol. The summed E-state index contributed by atoms with van der Waals surface area (Å²) in [6, 6.07) is 9.34. The van der Waals surface area contributed by atoms with Crippen molar-refractivity contribution < 1.29 is 14.3 Å². The largest absolute Gasteiger partial charge is 0.466 e. The second-order valence-corrected chi connectivity index (χ2v) is 4.25. The molecule has 0 aromatic heterocycles. The quantitative estimate of drug-likeness (QED) is 0.590. The molecule has 0 spiro atoms. The average molecular weight is 247 g/mol. The van der Waals surface area contributed by atoms with Crippen LogP contribution in [0.3, 0.4) is 0 Å². The van der Waals surface area contributed by atoms with Gasteiger partial charge in [0.25, 0.3) is 5.91 Å². The first-order valence-corrected chi connectivity index (χ1v) is 5.68. The van der Waals surface area contributed by atoms with Crippen LogP contribution in [0.15, 0.2) is 46.3 Å². The fourth-order valence-electron chi connectivity index (χ4n) is 1.28. The van der Waals surface area contributed by atoms with E-state index in [0.717, 1.165) is 11.6 Å². The first-order chi connectivity index (χ1) is 8.20. The molecule has 1 amide bonds. The van der Waals surface area contributed by atoms with Gasteiger partial charge in [-0.05, 0) is 0 Å². The van der Waals surface area contributed by atoms with E-state index in [0.29, 0.717) is 5.04 Å². The van der Waals surface area contributed by atoms with E-state index in [9.17, 15) is 9.59 Å². The molecule has 0 unspecified atom stereocenters. The van der Waals surface area contributed by atoms with Crippen LogP contribution in [0.1, 0.15) is 5.56 Å². The molecule has 1 aromatic carbocycles. The van der Waals surface area contributed by atoms with Gasteiger partial charge in [0.2, 0.25) is 0 Å². The van der Waals surface area contributed by atoms with E-state index in [1.807, 2.05) is 30.3 Å². The lowest BCUT2D eigenvalue weighted by atomic mass is 10.2. The topological polar surface area (TPSA) is 55.7 Å². The molecule has 5 heteroatoms. The van der Waals surface area contributed by atoms with Crippen LogP contribution in [0.4, 0.5) is 0 Å². The van der Waals surface area contributed by atoms with E-state index in [1.54, 1.807) is 0 Å². The van der Waals surface area contributed by atoms with Crippen LogP contribution in [-0.4, -0.2) is 24.0 Å². The van der Waals surface area contributed by atoms with Gasteiger partial charge in [0, 0.05) is 11.6 Å². The molecule has 0 fully saturated rings. The molecule has 1 heterocycles. The van der Waals surface area contributed by atoms with Crippen molar-refractivity contribution in [1.82, 2.24) is 0 Å². The molecular formula is C12H9NO3S. The number of benzene rings is 1. The van der Waals surface area contributed by atoms with Crippen molar-refractivity contribution in [2.24, 2.45) is 4.99 Å². The van der Waals surface area contributed by atoms with Gasteiger partial charge in [0.15, 0.2) is 0 Å². The van der Waals surface area contributed by atoms with Gasteiger partial charge in [-0.25, -0.2) is 9.79 Å². The number of esters is 1. The summed E-state index contributed by atoms with van der Waals surface area (Å²) in [5, 5.41) is 0.603. The summed E-state index contributed by atoms with van der Waals surface area (Å²) in [7, 11) is 1.27. The highest BCUT2D eigenvalue weighted by atomic mass is 32.2. The summed E-state index contributed by atoms with van der Waals surface area (Å²) in [5.74, 6) is -0.954. The third kappa shape index (κ3) is 2.62. The van der Waals surface area contributed by atoms with E-state index in [4.69, 9.17) is 0 Å². The molecule has 0 aliphatic carbocycles. The van der Waals surface area contributed by atoms with Crippen molar-refractivity contribution in [3.05, 3.63) is 46.9 Å². The average Bonchev–Trinajstić information content (AvgIpc) is 2.72. The zero-order chi connectivity index (χ0) is 12.3. The predicted octanol–water partition coefficient (Wildman–Crippen LogP) is 1.76. The maximum Gasteiger partial charge on any atom is 0.331 e. The highest BCUT2D eigenvalue weighted by molar-refractivity contribution is 8.19. The lowest BCUT2D eigenvalue weighted by Crippen LogP contribution is -1.98. The summed E-state index contributed by atoms with van der Waals surface area (Å²) < 4.78 is 4.47. The van der Waals surface area contributed by atoms with Gasteiger partial charge in [-0.3, -0.25) is 4.79 Å². The number of nitrogens with zero attached hydrogens (tertiary/aromatic N) is 1. The van der Waals surface area contributed by atoms with Gasteiger partial charge in [0.1, 0.15) is 5.04 Å². The van der Waals surface area contributed by atoms with E-state index in [1.165, 1.54) is 18.9 Å². The number of carbonyl (C=O) groups is 2. The zero-order valence-electron chi connectivity index (χ0n) is 9.04. The number of thioether (sulfide) groups is 1. The minimum atomic E-state index is -0.551. The first kappa shape index (κ1) is 11.6. The van der Waals surface area contributed by atoms with Crippen molar-refractivity contribution in [3.8, 4) is 0 Å². The number of ether oxygens (including phenoxy) is 1. The van der Waals surface area contributed by atoms with E-state index in [2.05, 4.69) is 9.73 Å². The van der Waals surface area contributed by atoms with Crippen LogP contribution in [-0.2, 0) is 14.3 Å². The summed E-state index contributed by atoms with van der Waals surface area (Å²) >= 11 is 1.18. The highest BCUT2D eigenvalue weighted by Crippen LogP contribution is 2.29. The Hall–Kier alpha value is -1.88. The molecule has 0 saturated carbocycles. The summed E-state index contributed by atoms with van der Waals surface area (Å²) in [6.45, 7) is 0. The van der Waals surface area contributed by atoms with E-state index < -0.39 is 11.9 Å². The van der Waals surface area contributed by atoms with Crippen LogP contribution in [0.5, 0.6) is 0 Å². The summed E-state index contributed by atoms with van der Waals surface area (Å²) in [5.41, 5.74) is 0.860. The standard InChI is InChI=1S/C12H9NO3S/c1-16-10(14)7-9-11(15)13-12(17-9)8-5-3-2-4-6-8/h2-7H,1H3. The zero-order valence-corrected chi connectivity index (χ0v) is 9.86. The molecule has 0 radical (unpaired) electrons. The SMILES string of the molecule is COC(=O)C=C1SC(c2ccccc2)=NC1=O. The molecule has 0 atom stereocenters. The maximum atomic E-state index is 11.5. The number of methoxy groups -OCH3 is 1. The highest BCUT2D eigenvalue weighted by Gasteiger charge is 2.23. The van der Waals surface area contributed by atoms with Crippen LogP contribution in [0.25, 0.3) is 0 Å². The number of hydrogen-bond acceptors (Lipinski definition) is 4. The van der Waals surface area contributed by atoms with Crippen LogP contribution >= 0.6 is 11.8 Å². The third-order valence-corrected chi connectivity index (χ3v) is 3.12. The summed E-state index contributed by atoms with van der Waals surface area (Å²) in [6.07, 6.45) is 1.16. The minimum absolute atomic E-state index is 0.288. The van der Waals surface area contributed by atoms with Crippen molar-refractivity contribution in [2.75, 3.05) is 7.11 Å². The molecule has 2 rings (SSSR count). The molecule has 1 aromatic rings. The van der Waals surface area contributed by atoms with Crippen LogP contribution < -0.4 is 0 Å². The lowest BCUT2D eigenvalue weighted by Gasteiger charge is -1.97. The Kier molecular flexibility index (Phi) is 3.39. The molecule has 0 saturated heterocycles. The summed E-state index contributed by atoms with van der Waals surface area (Å²) in [4.78, 5) is 26.7. The van der Waals surface area contributed by atoms with Crippen molar-refractivity contribution in [3.63, 3.8) is 0 Å². The number of carbonyl (C=O) groups excluding carboxylic acids is 2. The van der Waals surface area contributed by atoms with Gasteiger partial charge in [-0.2, -0.15) is 0 Å². The number of rotatable bonds is 2. The molecule has 1 aliphatic rings. The Morgan fingerprint density at radius 2 is 2.06 bits per heavy atom. The third-order valence-electron chi connectivity index (χ3n) is 2.09. The molecule has 1 aliphatic heterocycles. The number of hydrogen-bond donors (Lipinski definition) is 0. The Bertz CT molecular complexity index is 520. The number of aliphatic imine (C=N–C) groups is 1. The molecule has 0 N–H and O–H groups in total. The lowest BCUT2D eigenvalue weighted by molar-refractivity contribution is -0.135. The van der Waals surface area contributed by atoms with Gasteiger partial charge < -0.3 is 4.74 Å². The van der Waals surface area contributed by atoms with Crippen molar-refractivity contribution in [1.29, 1.82) is 0 Å². The fourth-order valence-corrected chi connectivity index (χ4v) is 2.16. The normalized spacial score (nSPS) is 17.1. The van der Waals surface area contributed by atoms with Gasteiger partial charge in [0.05, 0.1) is 12.0 Å². The van der Waals surface area contributed by atoms with Crippen molar-refractivity contribution >= 4 is 28.7 Å². The van der Waals surface area contributed by atoms with E-state index in [-0.39, 0.29) is 4.91 Å². The second kappa shape index (κ2) is 4.97. The molecule has 4 nitrogen and oxygen atoms in total. The predicted molar refractivity (Wildman–Crippen MR) is 65.7 cm³/mol. The van der Waals surface area contributed by atoms with Gasteiger partial charge in [-0.1, -0.05) is 42.1 Å². The Labute approximate surface area is 102 Å². The Morgan fingerprint density at radius 3 is 2.71 bits per heavy atom. The molecule has 86 valence electrons. The smallest absolute Gasteiger partial charge is 0.331 e. The van der Waals surface area contributed by atoms with Crippen LogP contribution in [0.2, 0.25) is 0 Å². The van der Waals surface area contributed by atoms with Crippen LogP contribution in [0, 0.1) is 0 Å². The van der Waals surface area contributed by atoms with Gasteiger partial charge >= 0.3 is 5.97 Å². The second-order valence-electron chi connectivity index (χ2n) is 3.22. The maximum absolute atomic E-state index is 11.5. The molecular weight excluding hydrogens is 238 g/mol. The fraction of sp³-hybridized carbons (Fsp3) is 0.0833. The molecule has 17 heavy (non-hydrogen) atoms. The van der Waals surface area contributed by atoms with Crippen molar-refractivity contribution in [2.45, 2.75) is 0 Å². The molecule has 0 bridgehead atoms. The first-order valence-electron chi connectivity index (χ1n) is 4.86. The van der Waals surface area contributed by atoms with E-state index >= 15 is 0 Å². The number of amides is 1. The Balaban J connectivity index is 2.22.